The van der Waals surface area contributed by atoms with Gasteiger partial charge in [-0.1, -0.05) is 42.0 Å². The van der Waals surface area contributed by atoms with Crippen molar-refractivity contribution in [3.63, 3.8) is 0 Å². The number of aromatic nitrogens is 1. The van der Waals surface area contributed by atoms with E-state index in [1.54, 1.807) is 12.1 Å². The lowest BCUT2D eigenvalue weighted by atomic mass is 10.1. The van der Waals surface area contributed by atoms with Crippen LogP contribution < -0.4 is 9.64 Å². The molecule has 1 aliphatic heterocycles. The molecule has 0 radical (unpaired) electrons. The van der Waals surface area contributed by atoms with Crippen LogP contribution in [0.5, 0.6) is 5.75 Å². The van der Waals surface area contributed by atoms with Gasteiger partial charge in [0.05, 0.1) is 6.26 Å². The molecule has 1 saturated heterocycles. The number of carbonyl (C=O) groups is 1. The summed E-state index contributed by atoms with van der Waals surface area (Å²) < 4.78 is 11.4. The minimum Gasteiger partial charge on any atom is -0.487 e. The number of anilines is 1. The van der Waals surface area contributed by atoms with Crippen LogP contribution in [0.3, 0.4) is 0 Å². The Morgan fingerprint density at radius 3 is 2.53 bits per heavy atom. The van der Waals surface area contributed by atoms with Crippen LogP contribution in [-0.2, 0) is 6.61 Å². The smallest absolute Gasteiger partial charge is 0.289 e. The second-order valence-corrected chi connectivity index (χ2v) is 8.03. The summed E-state index contributed by atoms with van der Waals surface area (Å²) in [6.07, 6.45) is 1.53. The van der Waals surface area contributed by atoms with Gasteiger partial charge < -0.3 is 19.0 Å². The lowest BCUT2D eigenvalue weighted by Gasteiger charge is -2.35. The largest absolute Gasteiger partial charge is 0.487 e. The zero-order chi connectivity index (χ0) is 21.9. The zero-order valence-corrected chi connectivity index (χ0v) is 18.0. The molecule has 6 heteroatoms. The Kier molecular flexibility index (Phi) is 5.50. The van der Waals surface area contributed by atoms with Crippen molar-refractivity contribution in [3.8, 4) is 5.75 Å². The quantitative estimate of drug-likeness (QED) is 0.463. The normalized spacial score (nSPS) is 14.0. The van der Waals surface area contributed by atoms with Crippen LogP contribution in [0, 0.1) is 6.92 Å². The van der Waals surface area contributed by atoms with E-state index in [0.717, 1.165) is 41.1 Å². The van der Waals surface area contributed by atoms with Crippen LogP contribution in [0.4, 0.5) is 5.82 Å². The Morgan fingerprint density at radius 2 is 1.78 bits per heavy atom. The van der Waals surface area contributed by atoms with Gasteiger partial charge in [-0.15, -0.1) is 0 Å². The van der Waals surface area contributed by atoms with E-state index in [1.165, 1.54) is 11.8 Å². The van der Waals surface area contributed by atoms with Gasteiger partial charge in [-0.05, 0) is 42.8 Å². The highest BCUT2D eigenvalue weighted by Crippen LogP contribution is 2.28. The zero-order valence-electron chi connectivity index (χ0n) is 18.0. The Hall–Kier alpha value is -3.80. The summed E-state index contributed by atoms with van der Waals surface area (Å²) in [6, 6.07) is 21.9. The van der Waals surface area contributed by atoms with E-state index in [2.05, 4.69) is 42.2 Å². The van der Waals surface area contributed by atoms with Crippen molar-refractivity contribution < 1.29 is 13.9 Å². The third-order valence-electron chi connectivity index (χ3n) is 5.81. The molecule has 1 fully saturated rings. The van der Waals surface area contributed by atoms with E-state index in [1.807, 2.05) is 29.2 Å². The lowest BCUT2D eigenvalue weighted by molar-refractivity contribution is 0.0714. The highest BCUT2D eigenvalue weighted by Gasteiger charge is 2.24. The Morgan fingerprint density at radius 1 is 0.969 bits per heavy atom. The number of aryl methyl sites for hydroxylation is 1. The van der Waals surface area contributed by atoms with E-state index >= 15 is 0 Å². The third kappa shape index (κ3) is 4.17. The summed E-state index contributed by atoms with van der Waals surface area (Å²) in [4.78, 5) is 21.5. The van der Waals surface area contributed by atoms with Crippen molar-refractivity contribution >= 4 is 22.6 Å². The van der Waals surface area contributed by atoms with E-state index in [0.29, 0.717) is 25.5 Å². The average molecular weight is 428 g/mol. The first kappa shape index (κ1) is 20.1. The molecule has 0 unspecified atom stereocenters. The first-order valence-electron chi connectivity index (χ1n) is 10.8. The summed E-state index contributed by atoms with van der Waals surface area (Å²) in [5.74, 6) is 2.00. The molecule has 0 N–H and O–H groups in total. The highest BCUT2D eigenvalue weighted by atomic mass is 16.5. The van der Waals surface area contributed by atoms with Crippen molar-refractivity contribution in [2.45, 2.75) is 13.5 Å². The van der Waals surface area contributed by atoms with Crippen molar-refractivity contribution in [2.24, 2.45) is 0 Å². The number of nitrogens with zero attached hydrogens (tertiary/aromatic N) is 3. The van der Waals surface area contributed by atoms with E-state index < -0.39 is 0 Å². The van der Waals surface area contributed by atoms with Gasteiger partial charge in [0.1, 0.15) is 23.7 Å². The van der Waals surface area contributed by atoms with E-state index in [9.17, 15) is 4.79 Å². The summed E-state index contributed by atoms with van der Waals surface area (Å²) >= 11 is 0. The first-order valence-corrected chi connectivity index (χ1v) is 10.8. The Bertz CT molecular complexity index is 1210. The maximum atomic E-state index is 12.5. The maximum Gasteiger partial charge on any atom is 0.289 e. The van der Waals surface area contributed by atoms with Gasteiger partial charge in [0.25, 0.3) is 5.91 Å². The molecule has 1 aliphatic rings. The molecule has 2 aromatic carbocycles. The van der Waals surface area contributed by atoms with Crippen LogP contribution in [0.15, 0.2) is 77.4 Å². The molecule has 6 nitrogen and oxygen atoms in total. The van der Waals surface area contributed by atoms with Crippen LogP contribution in [-0.4, -0.2) is 42.0 Å². The molecule has 2 aromatic heterocycles. The maximum absolute atomic E-state index is 12.5. The van der Waals surface area contributed by atoms with Gasteiger partial charge >= 0.3 is 0 Å². The van der Waals surface area contributed by atoms with Crippen LogP contribution >= 0.6 is 0 Å². The molecule has 5 rings (SSSR count). The van der Waals surface area contributed by atoms with Crippen molar-refractivity contribution in [1.82, 2.24) is 9.88 Å². The van der Waals surface area contributed by atoms with Gasteiger partial charge in [0.15, 0.2) is 5.76 Å². The molecule has 0 bridgehead atoms. The van der Waals surface area contributed by atoms with Gasteiger partial charge in [0.2, 0.25) is 0 Å². The summed E-state index contributed by atoms with van der Waals surface area (Å²) in [5, 5.41) is 1.04. The lowest BCUT2D eigenvalue weighted by Crippen LogP contribution is -2.49. The van der Waals surface area contributed by atoms with Crippen molar-refractivity contribution in [1.29, 1.82) is 0 Å². The van der Waals surface area contributed by atoms with Crippen LogP contribution in [0.25, 0.3) is 10.9 Å². The Labute approximate surface area is 187 Å². The number of ether oxygens (including phenoxy) is 1. The summed E-state index contributed by atoms with van der Waals surface area (Å²) in [5.41, 5.74) is 3.21. The SMILES string of the molecule is Cc1ccc(COc2cccc3ccc(N4CCN(C(=O)c5ccco5)CC4)nc23)cc1. The third-order valence-corrected chi connectivity index (χ3v) is 5.81. The number of rotatable bonds is 5. The minimum atomic E-state index is -0.0621. The van der Waals surface area contributed by atoms with E-state index in [4.69, 9.17) is 14.1 Å². The van der Waals surface area contributed by atoms with E-state index in [-0.39, 0.29) is 5.91 Å². The number of benzene rings is 2. The molecule has 1 amide bonds. The number of hydrogen-bond donors (Lipinski definition) is 0. The van der Waals surface area contributed by atoms with Gasteiger partial charge in [0, 0.05) is 31.6 Å². The van der Waals surface area contributed by atoms with Crippen LogP contribution in [0.2, 0.25) is 0 Å². The summed E-state index contributed by atoms with van der Waals surface area (Å²) in [7, 11) is 0. The molecule has 0 atom stereocenters. The standard InChI is InChI=1S/C26H25N3O3/c1-19-7-9-20(10-8-19)18-32-22-5-2-4-21-11-12-24(27-25(21)22)28-13-15-29(16-14-28)26(30)23-6-3-17-31-23/h2-12,17H,13-16,18H2,1H3. The predicted molar refractivity (Wildman–Crippen MR) is 124 cm³/mol. The van der Waals surface area contributed by atoms with Gasteiger partial charge in [-0.3, -0.25) is 4.79 Å². The molecule has 32 heavy (non-hydrogen) atoms. The highest BCUT2D eigenvalue weighted by molar-refractivity contribution is 5.91. The number of hydrogen-bond acceptors (Lipinski definition) is 5. The fourth-order valence-corrected chi connectivity index (χ4v) is 3.94. The number of amides is 1. The van der Waals surface area contributed by atoms with Gasteiger partial charge in [-0.2, -0.15) is 0 Å². The summed E-state index contributed by atoms with van der Waals surface area (Å²) in [6.45, 7) is 5.27. The topological polar surface area (TPSA) is 58.8 Å². The molecule has 0 saturated carbocycles. The number of para-hydroxylation sites is 1. The van der Waals surface area contributed by atoms with Crippen LogP contribution in [0.1, 0.15) is 21.7 Å². The molecule has 4 aromatic rings. The number of piperazine rings is 1. The predicted octanol–water partition coefficient (Wildman–Crippen LogP) is 4.68. The average Bonchev–Trinajstić information content (AvgIpc) is 3.38. The fourth-order valence-electron chi connectivity index (χ4n) is 3.94. The fraction of sp³-hybridized carbons (Fsp3) is 0.231. The number of carbonyl (C=O) groups excluding carboxylic acids is 1. The number of furan rings is 1. The molecule has 0 aliphatic carbocycles. The van der Waals surface area contributed by atoms with Gasteiger partial charge in [-0.25, -0.2) is 4.98 Å². The molecule has 162 valence electrons. The second kappa shape index (κ2) is 8.75. The Balaban J connectivity index is 1.30. The second-order valence-electron chi connectivity index (χ2n) is 8.03. The number of fused-ring (bicyclic) bond motifs is 1. The monoisotopic (exact) mass is 427 g/mol. The molecular weight excluding hydrogens is 402 g/mol. The molecular formula is C26H25N3O3. The van der Waals surface area contributed by atoms with Crippen molar-refractivity contribution in [3.05, 3.63) is 89.9 Å². The number of pyridine rings is 1. The first-order chi connectivity index (χ1) is 15.7. The minimum absolute atomic E-state index is 0.0621. The van der Waals surface area contributed by atoms with Crippen molar-refractivity contribution in [2.75, 3.05) is 31.1 Å². The molecule has 3 heterocycles. The molecule has 0 spiro atoms.